The fourth-order valence-corrected chi connectivity index (χ4v) is 8.65. The van der Waals surface area contributed by atoms with Crippen molar-refractivity contribution in [2.45, 2.75) is 146 Å². The van der Waals surface area contributed by atoms with E-state index in [1.165, 1.54) is 54.4 Å². The van der Waals surface area contributed by atoms with Crippen molar-refractivity contribution in [1.82, 2.24) is 16.0 Å². The lowest BCUT2D eigenvalue weighted by atomic mass is 9.72. The van der Waals surface area contributed by atoms with Gasteiger partial charge in [-0.2, -0.15) is 0 Å². The Morgan fingerprint density at radius 1 is 0.597 bits per heavy atom. The smallest absolute Gasteiger partial charge is 0.244 e. The number of carbonyl (C=O) groups is 3. The Bertz CT molecular complexity index is 1860. The first kappa shape index (κ1) is 59.0. The molecule has 0 bridgehead atoms. The summed E-state index contributed by atoms with van der Waals surface area (Å²) in [4.78, 5) is 39.5. The van der Waals surface area contributed by atoms with Gasteiger partial charge in [-0.3, -0.25) is 14.4 Å². The number of amides is 2. The van der Waals surface area contributed by atoms with Gasteiger partial charge in [-0.15, -0.1) is 0 Å². The number of carbonyl (C=O) groups excluding carboxylic acids is 3. The second-order valence-electron chi connectivity index (χ2n) is 19.9. The molecule has 1 atom stereocenters. The predicted octanol–water partition coefficient (Wildman–Crippen LogP) is 12.1. The highest BCUT2D eigenvalue weighted by Gasteiger charge is 2.27. The summed E-state index contributed by atoms with van der Waals surface area (Å²) in [6.45, 7) is 27.0. The fourth-order valence-electron chi connectivity index (χ4n) is 8.65. The van der Waals surface area contributed by atoms with Crippen LogP contribution in [-0.4, -0.2) is 83.9 Å². The van der Waals surface area contributed by atoms with Crippen molar-refractivity contribution in [3.05, 3.63) is 117 Å². The molecule has 0 saturated heterocycles. The van der Waals surface area contributed by atoms with Crippen LogP contribution in [0.2, 0.25) is 0 Å². The number of nitrogens with one attached hydrogen (secondary N) is 3. The van der Waals surface area contributed by atoms with Crippen molar-refractivity contribution in [2.24, 2.45) is 16.7 Å². The molecular formula is C58H91N3O6. The Morgan fingerprint density at radius 2 is 1.07 bits per heavy atom. The molecule has 0 aromatic carbocycles. The van der Waals surface area contributed by atoms with E-state index < -0.39 is 5.92 Å². The average molecular weight is 926 g/mol. The molecule has 0 aliphatic heterocycles. The zero-order chi connectivity index (χ0) is 49.5. The molecule has 2 aliphatic rings. The van der Waals surface area contributed by atoms with Gasteiger partial charge in [0.15, 0.2) is 5.78 Å². The lowest BCUT2D eigenvalue weighted by Gasteiger charge is -2.33. The van der Waals surface area contributed by atoms with Crippen LogP contribution in [0.1, 0.15) is 146 Å². The molecule has 2 rings (SSSR count). The molecule has 3 N–H and O–H groups in total. The average Bonchev–Trinajstić information content (AvgIpc) is 3.25. The second kappa shape index (κ2) is 33.4. The van der Waals surface area contributed by atoms with E-state index in [0.717, 1.165) is 41.7 Å². The van der Waals surface area contributed by atoms with Gasteiger partial charge in [-0.25, -0.2) is 0 Å². The summed E-state index contributed by atoms with van der Waals surface area (Å²) in [5, 5.41) is 9.11. The Balaban J connectivity index is 1.91. The maximum atomic E-state index is 13.5. The predicted molar refractivity (Wildman–Crippen MR) is 281 cm³/mol. The lowest BCUT2D eigenvalue weighted by Crippen LogP contribution is -2.33. The van der Waals surface area contributed by atoms with Crippen LogP contribution in [-0.2, 0) is 28.6 Å². The minimum absolute atomic E-state index is 0.0831. The minimum atomic E-state index is -0.478. The first-order chi connectivity index (χ1) is 31.9. The summed E-state index contributed by atoms with van der Waals surface area (Å²) in [6.07, 6.45) is 35.0. The first-order valence-corrected chi connectivity index (χ1v) is 25.2. The van der Waals surface area contributed by atoms with Crippen LogP contribution in [0, 0.1) is 16.7 Å². The van der Waals surface area contributed by atoms with Gasteiger partial charge >= 0.3 is 0 Å². The fraction of sp³-hybridized carbons (Fsp3) is 0.603. The van der Waals surface area contributed by atoms with Gasteiger partial charge in [0.1, 0.15) is 0 Å². The van der Waals surface area contributed by atoms with E-state index >= 15 is 0 Å². The zero-order valence-corrected chi connectivity index (χ0v) is 43.8. The van der Waals surface area contributed by atoms with Gasteiger partial charge in [0.05, 0.1) is 26.4 Å². The van der Waals surface area contributed by atoms with Crippen LogP contribution in [0.15, 0.2) is 117 Å². The summed E-state index contributed by atoms with van der Waals surface area (Å²) in [5.74, 6) is -0.846. The minimum Gasteiger partial charge on any atom is -0.379 e. The van der Waals surface area contributed by atoms with E-state index in [4.69, 9.17) is 14.2 Å². The van der Waals surface area contributed by atoms with E-state index in [-0.39, 0.29) is 34.8 Å². The highest BCUT2D eigenvalue weighted by Crippen LogP contribution is 2.42. The summed E-state index contributed by atoms with van der Waals surface area (Å²) in [6, 6.07) is 0. The highest BCUT2D eigenvalue weighted by molar-refractivity contribution is 5.94. The summed E-state index contributed by atoms with van der Waals surface area (Å²) in [5.41, 5.74) is 10.2. The molecule has 374 valence electrons. The first-order valence-electron chi connectivity index (χ1n) is 25.2. The van der Waals surface area contributed by atoms with Crippen LogP contribution >= 0.6 is 0 Å². The highest BCUT2D eigenvalue weighted by atomic mass is 16.5. The van der Waals surface area contributed by atoms with Gasteiger partial charge in [0.25, 0.3) is 0 Å². The van der Waals surface area contributed by atoms with Crippen molar-refractivity contribution in [1.29, 1.82) is 0 Å². The normalized spacial score (nSPS) is 18.0. The van der Waals surface area contributed by atoms with Crippen LogP contribution in [0.4, 0.5) is 0 Å². The Hall–Kier alpha value is -4.15. The SMILES string of the molecule is CNCCCOCCOCCOCCCNC(=O)[C@H](CCCCNC(=O)/C=C(C)/C=C/C=C(C)/C=C/C1=C(C)CCCC1(C)C)CC(=O)/C=C(C)/C=C/C=C(C)/C=C/C1=C(C)CCCC1(C)C. The molecule has 2 aliphatic carbocycles. The molecular weight excluding hydrogens is 835 g/mol. The molecule has 9 heteroatoms. The number of ketones is 1. The van der Waals surface area contributed by atoms with Gasteiger partial charge in [-0.05, 0) is 159 Å². The van der Waals surface area contributed by atoms with E-state index in [0.29, 0.717) is 78.4 Å². The molecule has 0 aromatic rings. The molecule has 0 aromatic heterocycles. The quantitative estimate of drug-likeness (QED) is 0.0350. The molecule has 2 amide bonds. The Kier molecular flexibility index (Phi) is 29.4. The Morgan fingerprint density at radius 3 is 1.58 bits per heavy atom. The molecule has 67 heavy (non-hydrogen) atoms. The van der Waals surface area contributed by atoms with Crippen LogP contribution in [0.3, 0.4) is 0 Å². The number of ether oxygens (including phenoxy) is 3. The van der Waals surface area contributed by atoms with Crippen molar-refractivity contribution in [3.63, 3.8) is 0 Å². The molecule has 9 nitrogen and oxygen atoms in total. The topological polar surface area (TPSA) is 115 Å². The van der Waals surface area contributed by atoms with Gasteiger partial charge in [0.2, 0.25) is 11.8 Å². The monoisotopic (exact) mass is 926 g/mol. The molecule has 0 saturated carbocycles. The summed E-state index contributed by atoms with van der Waals surface area (Å²) in [7, 11) is 1.93. The molecule has 0 fully saturated rings. The maximum absolute atomic E-state index is 13.5. The number of allylic oxidation sites excluding steroid dienone is 19. The van der Waals surface area contributed by atoms with Gasteiger partial charge < -0.3 is 30.2 Å². The zero-order valence-electron chi connectivity index (χ0n) is 43.8. The van der Waals surface area contributed by atoms with E-state index in [1.807, 2.05) is 45.2 Å². The molecule has 0 heterocycles. The van der Waals surface area contributed by atoms with Gasteiger partial charge in [0, 0.05) is 44.7 Å². The summed E-state index contributed by atoms with van der Waals surface area (Å²) >= 11 is 0. The van der Waals surface area contributed by atoms with Crippen molar-refractivity contribution < 1.29 is 28.6 Å². The van der Waals surface area contributed by atoms with Crippen LogP contribution < -0.4 is 16.0 Å². The second-order valence-corrected chi connectivity index (χ2v) is 19.9. The molecule has 0 radical (unpaired) electrons. The number of hydrogen-bond donors (Lipinski definition) is 3. The van der Waals surface area contributed by atoms with Crippen molar-refractivity contribution in [2.75, 3.05) is 66.3 Å². The summed E-state index contributed by atoms with van der Waals surface area (Å²) < 4.78 is 16.8. The maximum Gasteiger partial charge on any atom is 0.244 e. The van der Waals surface area contributed by atoms with Gasteiger partial charge in [-0.1, -0.05) is 117 Å². The van der Waals surface area contributed by atoms with E-state index in [9.17, 15) is 14.4 Å². The molecule has 0 spiro atoms. The molecule has 0 unspecified atom stereocenters. The third-order valence-corrected chi connectivity index (χ3v) is 12.6. The third-order valence-electron chi connectivity index (χ3n) is 12.6. The van der Waals surface area contributed by atoms with E-state index in [1.54, 1.807) is 12.2 Å². The number of hydrogen-bond acceptors (Lipinski definition) is 7. The van der Waals surface area contributed by atoms with Crippen molar-refractivity contribution in [3.8, 4) is 0 Å². The largest absolute Gasteiger partial charge is 0.379 e. The van der Waals surface area contributed by atoms with E-state index in [2.05, 4.69) is 108 Å². The van der Waals surface area contributed by atoms with Crippen LogP contribution in [0.25, 0.3) is 0 Å². The van der Waals surface area contributed by atoms with Crippen LogP contribution in [0.5, 0.6) is 0 Å². The number of unbranched alkanes of at least 4 members (excludes halogenated alkanes) is 1. The van der Waals surface area contributed by atoms with Crippen molar-refractivity contribution >= 4 is 17.6 Å². The Labute approximate surface area is 407 Å². The standard InChI is InChI=1S/C58H91N3O6/c1-45(27-29-53-49(5)24-16-31-57(53,7)8)20-14-22-47(3)42-52(62)44-51(56(64)61-35-19-37-66-39-41-67-40-38-65-36-18-33-59-11)26-12-13-34-60-55(63)43-48(4)23-15-21-46(2)28-30-54-50(6)25-17-32-58(54,9)10/h14-15,20-23,27-30,42-43,51,59H,12-13,16-19,24-26,31-41,44H2,1-11H3,(H,60,63)(H,61,64)/b22-14+,23-15+,29-27+,30-28+,45-20+,46-21+,47-42+,48-43+/t51-/m1/s1. The lowest BCUT2D eigenvalue weighted by molar-refractivity contribution is -0.128. The third kappa shape index (κ3) is 26.3. The number of rotatable bonds is 32.